The van der Waals surface area contributed by atoms with Gasteiger partial charge in [0.05, 0.1) is 0 Å². The molecule has 1 unspecified atom stereocenters. The number of anilines is 1. The summed E-state index contributed by atoms with van der Waals surface area (Å²) < 4.78 is 28.6. The molecule has 2 N–H and O–H groups in total. The Bertz CT molecular complexity index is 443. The maximum atomic E-state index is 14.3. The summed E-state index contributed by atoms with van der Waals surface area (Å²) in [5, 5.41) is 12.1. The molecule has 3 nitrogen and oxygen atoms in total. The Balaban J connectivity index is 2.15. The number of hydrogen-bond acceptors (Lipinski definition) is 3. The van der Waals surface area contributed by atoms with Crippen LogP contribution in [-0.2, 0) is 6.54 Å². The van der Waals surface area contributed by atoms with E-state index in [1.165, 1.54) is 12.1 Å². The lowest BCUT2D eigenvalue weighted by Crippen LogP contribution is -2.37. The summed E-state index contributed by atoms with van der Waals surface area (Å²) in [6.45, 7) is 4.60. The fraction of sp³-hybridized carbons (Fsp3) is 0.625. The topological polar surface area (TPSA) is 35.5 Å². The van der Waals surface area contributed by atoms with Gasteiger partial charge in [0.25, 0.3) is 0 Å². The van der Waals surface area contributed by atoms with Crippen LogP contribution in [0, 0.1) is 17.6 Å². The maximum absolute atomic E-state index is 14.3. The van der Waals surface area contributed by atoms with Gasteiger partial charge >= 0.3 is 0 Å². The van der Waals surface area contributed by atoms with Crippen molar-refractivity contribution in [2.45, 2.75) is 32.7 Å². The van der Waals surface area contributed by atoms with Crippen molar-refractivity contribution in [2.75, 3.05) is 31.1 Å². The molecule has 1 aliphatic heterocycles. The first-order chi connectivity index (χ1) is 10.2. The number of piperidine rings is 1. The summed E-state index contributed by atoms with van der Waals surface area (Å²) in [6.07, 6.45) is 2.61. The predicted molar refractivity (Wildman–Crippen MR) is 80.4 cm³/mol. The number of aliphatic hydroxyl groups excluding tert-OH is 1. The molecule has 2 rings (SSSR count). The van der Waals surface area contributed by atoms with Gasteiger partial charge in [-0.1, -0.05) is 6.92 Å². The fourth-order valence-electron chi connectivity index (χ4n) is 2.98. The van der Waals surface area contributed by atoms with Gasteiger partial charge in [-0.15, -0.1) is 0 Å². The number of halogens is 2. The summed E-state index contributed by atoms with van der Waals surface area (Å²) in [4.78, 5) is 1.78. The Morgan fingerprint density at radius 1 is 1.33 bits per heavy atom. The first-order valence-electron chi connectivity index (χ1n) is 7.70. The standard InChI is InChI=1S/C16H24F2N2O/c1-2-19-10-13-8-14(17)16(15(18)9-13)20-6-3-4-12(11-20)5-7-21/h8-9,12,19,21H,2-7,10-11H2,1H3. The molecular weight excluding hydrogens is 274 g/mol. The maximum Gasteiger partial charge on any atom is 0.149 e. The lowest BCUT2D eigenvalue weighted by Gasteiger charge is -2.34. The van der Waals surface area contributed by atoms with E-state index in [-0.39, 0.29) is 12.3 Å². The Morgan fingerprint density at radius 2 is 2.05 bits per heavy atom. The molecule has 1 atom stereocenters. The van der Waals surface area contributed by atoms with E-state index in [0.717, 1.165) is 19.4 Å². The van der Waals surface area contributed by atoms with Crippen LogP contribution < -0.4 is 10.2 Å². The average Bonchev–Trinajstić information content (AvgIpc) is 2.45. The number of hydrogen-bond donors (Lipinski definition) is 2. The Hall–Kier alpha value is -1.20. The predicted octanol–water partition coefficient (Wildman–Crippen LogP) is 2.67. The van der Waals surface area contributed by atoms with Crippen LogP contribution >= 0.6 is 0 Å². The largest absolute Gasteiger partial charge is 0.396 e. The van der Waals surface area contributed by atoms with E-state index in [1.807, 2.05) is 6.92 Å². The molecule has 0 aromatic heterocycles. The van der Waals surface area contributed by atoms with E-state index in [4.69, 9.17) is 5.11 Å². The highest BCUT2D eigenvalue weighted by molar-refractivity contribution is 5.51. The van der Waals surface area contributed by atoms with Gasteiger partial charge in [-0.3, -0.25) is 0 Å². The molecule has 1 heterocycles. The van der Waals surface area contributed by atoms with Crippen LogP contribution in [0.4, 0.5) is 14.5 Å². The van der Waals surface area contributed by atoms with Crippen LogP contribution in [0.1, 0.15) is 31.7 Å². The van der Waals surface area contributed by atoms with Gasteiger partial charge in [-0.25, -0.2) is 8.78 Å². The molecule has 1 aliphatic rings. The van der Waals surface area contributed by atoms with E-state index >= 15 is 0 Å². The van der Waals surface area contributed by atoms with Gasteiger partial charge in [0, 0.05) is 26.2 Å². The minimum Gasteiger partial charge on any atom is -0.396 e. The molecule has 118 valence electrons. The monoisotopic (exact) mass is 298 g/mol. The number of aliphatic hydroxyl groups is 1. The summed E-state index contributed by atoms with van der Waals surface area (Å²) in [5.74, 6) is -0.677. The molecule has 0 radical (unpaired) electrons. The van der Waals surface area contributed by atoms with Crippen molar-refractivity contribution in [1.82, 2.24) is 5.32 Å². The quantitative estimate of drug-likeness (QED) is 0.847. The SMILES string of the molecule is CCNCc1cc(F)c(N2CCCC(CCO)C2)c(F)c1. The molecule has 0 bridgehead atoms. The lowest BCUT2D eigenvalue weighted by atomic mass is 9.94. The summed E-state index contributed by atoms with van der Waals surface area (Å²) in [7, 11) is 0. The number of benzene rings is 1. The van der Waals surface area contributed by atoms with Crippen LogP contribution in [0.15, 0.2) is 12.1 Å². The zero-order valence-electron chi connectivity index (χ0n) is 12.5. The van der Waals surface area contributed by atoms with E-state index in [0.29, 0.717) is 37.5 Å². The zero-order chi connectivity index (χ0) is 15.2. The molecule has 0 amide bonds. The van der Waals surface area contributed by atoms with Crippen LogP contribution in [0.5, 0.6) is 0 Å². The van der Waals surface area contributed by atoms with Gasteiger partial charge < -0.3 is 15.3 Å². The molecule has 0 saturated carbocycles. The van der Waals surface area contributed by atoms with Gasteiger partial charge in [-0.2, -0.15) is 0 Å². The van der Waals surface area contributed by atoms with E-state index < -0.39 is 11.6 Å². The Morgan fingerprint density at radius 3 is 2.67 bits per heavy atom. The van der Waals surface area contributed by atoms with Crippen molar-refractivity contribution in [3.05, 3.63) is 29.3 Å². The molecule has 1 aromatic carbocycles. The molecular formula is C16H24F2N2O. The first-order valence-corrected chi connectivity index (χ1v) is 7.70. The molecule has 1 saturated heterocycles. The Kier molecular flexibility index (Phi) is 5.94. The van der Waals surface area contributed by atoms with E-state index in [1.54, 1.807) is 4.90 Å². The third-order valence-electron chi connectivity index (χ3n) is 4.03. The minimum atomic E-state index is -0.493. The highest BCUT2D eigenvalue weighted by atomic mass is 19.1. The summed E-state index contributed by atoms with van der Waals surface area (Å²) >= 11 is 0. The fourth-order valence-corrected chi connectivity index (χ4v) is 2.98. The zero-order valence-corrected chi connectivity index (χ0v) is 12.5. The van der Waals surface area contributed by atoms with Crippen LogP contribution in [0.25, 0.3) is 0 Å². The number of nitrogens with one attached hydrogen (secondary N) is 1. The van der Waals surface area contributed by atoms with Crippen LogP contribution in [0.2, 0.25) is 0 Å². The van der Waals surface area contributed by atoms with Crippen molar-refractivity contribution >= 4 is 5.69 Å². The minimum absolute atomic E-state index is 0.0814. The molecule has 0 aliphatic carbocycles. The third-order valence-corrected chi connectivity index (χ3v) is 4.03. The second kappa shape index (κ2) is 7.71. The van der Waals surface area contributed by atoms with Gasteiger partial charge in [-0.05, 0) is 49.4 Å². The first kappa shape index (κ1) is 16.2. The summed E-state index contributed by atoms with van der Waals surface area (Å²) in [6, 6.07) is 2.83. The van der Waals surface area contributed by atoms with Crippen molar-refractivity contribution < 1.29 is 13.9 Å². The second-order valence-corrected chi connectivity index (χ2v) is 5.65. The highest BCUT2D eigenvalue weighted by Crippen LogP contribution is 2.30. The van der Waals surface area contributed by atoms with E-state index in [2.05, 4.69) is 5.32 Å². The van der Waals surface area contributed by atoms with Crippen molar-refractivity contribution in [3.8, 4) is 0 Å². The molecule has 21 heavy (non-hydrogen) atoms. The molecule has 1 fully saturated rings. The van der Waals surface area contributed by atoms with Crippen LogP contribution in [0.3, 0.4) is 0 Å². The summed E-state index contributed by atoms with van der Waals surface area (Å²) in [5.41, 5.74) is 0.706. The second-order valence-electron chi connectivity index (χ2n) is 5.65. The molecule has 0 spiro atoms. The Labute approximate surface area is 125 Å². The number of nitrogens with zero attached hydrogens (tertiary/aromatic N) is 1. The third kappa shape index (κ3) is 4.14. The smallest absolute Gasteiger partial charge is 0.149 e. The molecule has 5 heteroatoms. The van der Waals surface area contributed by atoms with E-state index in [9.17, 15) is 8.78 Å². The average molecular weight is 298 g/mol. The van der Waals surface area contributed by atoms with Crippen molar-refractivity contribution in [2.24, 2.45) is 5.92 Å². The van der Waals surface area contributed by atoms with Gasteiger partial charge in [0.1, 0.15) is 17.3 Å². The highest BCUT2D eigenvalue weighted by Gasteiger charge is 2.24. The van der Waals surface area contributed by atoms with Crippen molar-refractivity contribution in [1.29, 1.82) is 0 Å². The van der Waals surface area contributed by atoms with Crippen molar-refractivity contribution in [3.63, 3.8) is 0 Å². The lowest BCUT2D eigenvalue weighted by molar-refractivity contribution is 0.244. The van der Waals surface area contributed by atoms with Gasteiger partial charge in [0.2, 0.25) is 0 Å². The van der Waals surface area contributed by atoms with Crippen LogP contribution in [-0.4, -0.2) is 31.3 Å². The number of rotatable bonds is 6. The van der Waals surface area contributed by atoms with Gasteiger partial charge in [0.15, 0.2) is 0 Å². The molecule has 1 aromatic rings. The normalized spacial score (nSPS) is 19.0.